The van der Waals surface area contributed by atoms with E-state index in [1.54, 1.807) is 0 Å². The molecule has 1 aromatic carbocycles. The molecule has 0 aliphatic heterocycles. The van der Waals surface area contributed by atoms with Gasteiger partial charge in [0.1, 0.15) is 0 Å². The van der Waals surface area contributed by atoms with Crippen LogP contribution in [0, 0.1) is 0 Å². The summed E-state index contributed by atoms with van der Waals surface area (Å²) in [6.45, 7) is 0. The number of aromatic nitrogens is 2. The predicted molar refractivity (Wildman–Crippen MR) is 65.6 cm³/mol. The van der Waals surface area contributed by atoms with Crippen molar-refractivity contribution in [3.8, 4) is 0 Å². The van der Waals surface area contributed by atoms with Gasteiger partial charge in [0.05, 0.1) is 6.42 Å². The Morgan fingerprint density at radius 1 is 1.40 bits per heavy atom. The zero-order chi connectivity index (χ0) is 14.1. The molecule has 1 aliphatic carbocycles. The van der Waals surface area contributed by atoms with E-state index in [1.165, 1.54) is 5.56 Å². The predicted octanol–water partition coefficient (Wildman–Crippen LogP) is 2.52. The SMILES string of the molecule is O=C(Cc1nc(C2CCc3ccccc32)no1)C(F)F. The topological polar surface area (TPSA) is 56.0 Å². The molecular weight excluding hydrogens is 266 g/mol. The standard InChI is InChI=1S/C14H12F2N2O2/c15-13(16)11(19)7-12-17-14(18-20-12)10-6-5-8-3-1-2-4-9(8)10/h1-4,10,13H,5-7H2. The van der Waals surface area contributed by atoms with Gasteiger partial charge < -0.3 is 4.52 Å². The summed E-state index contributed by atoms with van der Waals surface area (Å²) < 4.78 is 29.3. The number of halogens is 2. The van der Waals surface area contributed by atoms with Gasteiger partial charge in [-0.05, 0) is 24.0 Å². The first-order valence-corrected chi connectivity index (χ1v) is 6.36. The van der Waals surface area contributed by atoms with Crippen molar-refractivity contribution >= 4 is 5.78 Å². The minimum Gasteiger partial charge on any atom is -0.339 e. The number of fused-ring (bicyclic) bond motifs is 1. The fraction of sp³-hybridized carbons (Fsp3) is 0.357. The van der Waals surface area contributed by atoms with Crippen LogP contribution < -0.4 is 0 Å². The van der Waals surface area contributed by atoms with E-state index in [0.717, 1.165) is 18.4 Å². The van der Waals surface area contributed by atoms with Gasteiger partial charge in [-0.25, -0.2) is 8.78 Å². The maximum absolute atomic E-state index is 12.2. The summed E-state index contributed by atoms with van der Waals surface area (Å²) in [4.78, 5) is 15.0. The normalized spacial score (nSPS) is 17.4. The highest BCUT2D eigenvalue weighted by Gasteiger charge is 2.28. The van der Waals surface area contributed by atoms with Crippen LogP contribution >= 0.6 is 0 Å². The summed E-state index contributed by atoms with van der Waals surface area (Å²) in [5, 5.41) is 3.83. The van der Waals surface area contributed by atoms with Crippen LogP contribution in [0.4, 0.5) is 8.78 Å². The van der Waals surface area contributed by atoms with Crippen LogP contribution in [-0.2, 0) is 17.6 Å². The highest BCUT2D eigenvalue weighted by molar-refractivity contribution is 5.82. The highest BCUT2D eigenvalue weighted by Crippen LogP contribution is 2.36. The molecule has 2 aromatic rings. The molecule has 0 saturated carbocycles. The molecule has 0 fully saturated rings. The Morgan fingerprint density at radius 3 is 3.00 bits per heavy atom. The van der Waals surface area contributed by atoms with Crippen molar-refractivity contribution in [2.24, 2.45) is 0 Å². The maximum Gasteiger partial charge on any atom is 0.296 e. The van der Waals surface area contributed by atoms with E-state index in [9.17, 15) is 13.6 Å². The average Bonchev–Trinajstić information content (AvgIpc) is 3.04. The largest absolute Gasteiger partial charge is 0.339 e. The number of rotatable bonds is 4. The lowest BCUT2D eigenvalue weighted by molar-refractivity contribution is -0.129. The second kappa shape index (κ2) is 5.11. The van der Waals surface area contributed by atoms with E-state index >= 15 is 0 Å². The second-order valence-electron chi connectivity index (χ2n) is 4.78. The molecule has 0 saturated heterocycles. The van der Waals surface area contributed by atoms with E-state index in [2.05, 4.69) is 16.2 Å². The van der Waals surface area contributed by atoms with Gasteiger partial charge in [0.15, 0.2) is 5.82 Å². The molecule has 6 heteroatoms. The lowest BCUT2D eigenvalue weighted by Crippen LogP contribution is -2.13. The average molecular weight is 278 g/mol. The number of benzene rings is 1. The maximum atomic E-state index is 12.2. The molecule has 1 atom stereocenters. The van der Waals surface area contributed by atoms with Crippen molar-refractivity contribution in [2.45, 2.75) is 31.6 Å². The fourth-order valence-corrected chi connectivity index (χ4v) is 2.53. The number of hydrogen-bond donors (Lipinski definition) is 0. The first-order valence-electron chi connectivity index (χ1n) is 6.36. The third-order valence-corrected chi connectivity index (χ3v) is 3.50. The summed E-state index contributed by atoms with van der Waals surface area (Å²) >= 11 is 0. The number of ketones is 1. The Balaban J connectivity index is 1.80. The number of hydrogen-bond acceptors (Lipinski definition) is 4. The van der Waals surface area contributed by atoms with Gasteiger partial charge >= 0.3 is 0 Å². The number of carbonyl (C=O) groups excluding carboxylic acids is 1. The Hall–Kier alpha value is -2.11. The Kier molecular flexibility index (Phi) is 3.30. The second-order valence-corrected chi connectivity index (χ2v) is 4.78. The van der Waals surface area contributed by atoms with Crippen molar-refractivity contribution in [3.05, 3.63) is 47.1 Å². The zero-order valence-electron chi connectivity index (χ0n) is 10.6. The number of aryl methyl sites for hydroxylation is 1. The van der Waals surface area contributed by atoms with Crippen molar-refractivity contribution in [3.63, 3.8) is 0 Å². The summed E-state index contributed by atoms with van der Waals surface area (Å²) in [6, 6.07) is 7.98. The summed E-state index contributed by atoms with van der Waals surface area (Å²) in [6.07, 6.45) is -1.72. The van der Waals surface area contributed by atoms with Crippen LogP contribution in [-0.4, -0.2) is 22.3 Å². The first kappa shape index (κ1) is 12.9. The van der Waals surface area contributed by atoms with Crippen molar-refractivity contribution < 1.29 is 18.1 Å². The zero-order valence-corrected chi connectivity index (χ0v) is 10.6. The number of Topliss-reactive ketones (excluding diaryl/α,β-unsaturated/α-hetero) is 1. The Labute approximate surface area is 113 Å². The van der Waals surface area contributed by atoms with Gasteiger partial charge in [-0.3, -0.25) is 4.79 Å². The van der Waals surface area contributed by atoms with E-state index in [1.807, 2.05) is 18.2 Å². The van der Waals surface area contributed by atoms with Gasteiger partial charge in [0.25, 0.3) is 6.43 Å². The molecule has 0 N–H and O–H groups in total. The quantitative estimate of drug-likeness (QED) is 0.862. The lowest BCUT2D eigenvalue weighted by Gasteiger charge is -2.05. The molecule has 104 valence electrons. The monoisotopic (exact) mass is 278 g/mol. The first-order chi connectivity index (χ1) is 9.65. The van der Waals surface area contributed by atoms with Crippen LogP contribution in [0.5, 0.6) is 0 Å². The van der Waals surface area contributed by atoms with E-state index < -0.39 is 18.6 Å². The van der Waals surface area contributed by atoms with Crippen LogP contribution in [0.1, 0.15) is 35.2 Å². The van der Waals surface area contributed by atoms with Crippen molar-refractivity contribution in [2.75, 3.05) is 0 Å². The van der Waals surface area contributed by atoms with Gasteiger partial charge in [0, 0.05) is 5.92 Å². The summed E-state index contributed by atoms with van der Waals surface area (Å²) in [5.41, 5.74) is 2.38. The smallest absolute Gasteiger partial charge is 0.296 e. The molecule has 3 rings (SSSR count). The van der Waals surface area contributed by atoms with Gasteiger partial charge in [-0.2, -0.15) is 4.98 Å². The molecule has 1 aliphatic rings. The lowest BCUT2D eigenvalue weighted by atomic mass is 10.0. The number of carbonyl (C=O) groups is 1. The molecule has 1 unspecified atom stereocenters. The molecule has 0 amide bonds. The molecule has 20 heavy (non-hydrogen) atoms. The Morgan fingerprint density at radius 2 is 2.20 bits per heavy atom. The van der Waals surface area contributed by atoms with Gasteiger partial charge in [0.2, 0.25) is 11.7 Å². The molecule has 4 nitrogen and oxygen atoms in total. The van der Waals surface area contributed by atoms with Crippen LogP contribution in [0.15, 0.2) is 28.8 Å². The molecule has 0 radical (unpaired) electrons. The molecular formula is C14H12F2N2O2. The number of nitrogens with zero attached hydrogens (tertiary/aromatic N) is 2. The Bertz CT molecular complexity index is 640. The van der Waals surface area contributed by atoms with E-state index in [-0.39, 0.29) is 11.8 Å². The summed E-state index contributed by atoms with van der Waals surface area (Å²) in [7, 11) is 0. The number of alkyl halides is 2. The van der Waals surface area contributed by atoms with Crippen molar-refractivity contribution in [1.29, 1.82) is 0 Å². The molecule has 0 spiro atoms. The fourth-order valence-electron chi connectivity index (χ4n) is 2.53. The van der Waals surface area contributed by atoms with Crippen molar-refractivity contribution in [1.82, 2.24) is 10.1 Å². The van der Waals surface area contributed by atoms with Crippen LogP contribution in [0.3, 0.4) is 0 Å². The third kappa shape index (κ3) is 2.33. The third-order valence-electron chi connectivity index (χ3n) is 3.50. The minimum atomic E-state index is -3.00. The van der Waals surface area contributed by atoms with Crippen LogP contribution in [0.2, 0.25) is 0 Å². The van der Waals surface area contributed by atoms with E-state index in [0.29, 0.717) is 5.82 Å². The molecule has 0 bridgehead atoms. The molecule has 1 heterocycles. The van der Waals surface area contributed by atoms with Gasteiger partial charge in [-0.1, -0.05) is 29.4 Å². The highest BCUT2D eigenvalue weighted by atomic mass is 19.3. The van der Waals surface area contributed by atoms with Gasteiger partial charge in [-0.15, -0.1) is 0 Å². The van der Waals surface area contributed by atoms with Crippen LogP contribution in [0.25, 0.3) is 0 Å². The van der Waals surface area contributed by atoms with E-state index in [4.69, 9.17) is 4.52 Å². The minimum absolute atomic E-state index is 0.0188. The molecule has 1 aromatic heterocycles. The summed E-state index contributed by atoms with van der Waals surface area (Å²) in [5.74, 6) is -0.765.